The zero-order chi connectivity index (χ0) is 16.1. The first kappa shape index (κ1) is 14.9. The van der Waals surface area contributed by atoms with Crippen molar-refractivity contribution in [2.24, 2.45) is 0 Å². The molecule has 0 amide bonds. The summed E-state index contributed by atoms with van der Waals surface area (Å²) in [6.45, 7) is 2.38. The molecule has 0 bridgehead atoms. The molecule has 0 fully saturated rings. The van der Waals surface area contributed by atoms with Gasteiger partial charge in [0.2, 0.25) is 11.9 Å². The van der Waals surface area contributed by atoms with Crippen LogP contribution in [-0.2, 0) is 6.54 Å². The highest BCUT2D eigenvalue weighted by molar-refractivity contribution is 5.81. The molecule has 1 aromatic carbocycles. The van der Waals surface area contributed by atoms with E-state index >= 15 is 0 Å². The minimum atomic E-state index is -0.103. The van der Waals surface area contributed by atoms with E-state index in [4.69, 9.17) is 0 Å². The van der Waals surface area contributed by atoms with E-state index < -0.39 is 0 Å². The summed E-state index contributed by atoms with van der Waals surface area (Å²) in [6, 6.07) is 13.6. The lowest BCUT2D eigenvalue weighted by Crippen LogP contribution is -2.15. The normalized spacial score (nSPS) is 10.5. The molecule has 0 radical (unpaired) electrons. The number of aromatic nitrogens is 4. The molecule has 6 nitrogen and oxygen atoms in total. The van der Waals surface area contributed by atoms with Crippen LogP contribution >= 0.6 is 0 Å². The summed E-state index contributed by atoms with van der Waals surface area (Å²) in [4.78, 5) is 20.5. The molecule has 6 heteroatoms. The minimum absolute atomic E-state index is 0.103. The van der Waals surface area contributed by atoms with Crippen molar-refractivity contribution >= 4 is 11.9 Å². The van der Waals surface area contributed by atoms with Crippen molar-refractivity contribution in [3.8, 4) is 11.4 Å². The van der Waals surface area contributed by atoms with E-state index in [2.05, 4.69) is 20.4 Å². The first-order valence-electron chi connectivity index (χ1n) is 7.46. The lowest BCUT2D eigenvalue weighted by Gasteiger charge is -2.06. The number of rotatable bonds is 5. The van der Waals surface area contributed by atoms with Gasteiger partial charge in [0.25, 0.3) is 0 Å². The van der Waals surface area contributed by atoms with Crippen LogP contribution in [0.4, 0.5) is 5.95 Å². The van der Waals surface area contributed by atoms with Gasteiger partial charge in [-0.1, -0.05) is 37.3 Å². The van der Waals surface area contributed by atoms with Gasteiger partial charge >= 0.3 is 0 Å². The fourth-order valence-electron chi connectivity index (χ4n) is 2.15. The molecule has 0 aliphatic carbocycles. The Hall–Kier alpha value is -3.02. The Kier molecular flexibility index (Phi) is 4.42. The van der Waals surface area contributed by atoms with Gasteiger partial charge < -0.3 is 5.32 Å². The number of hydrogen-bond donors (Lipinski definition) is 1. The second kappa shape index (κ2) is 6.83. The second-order valence-corrected chi connectivity index (χ2v) is 4.99. The molecular weight excluding hydrogens is 290 g/mol. The fraction of sp³-hybridized carbons (Fsp3) is 0.176. The van der Waals surface area contributed by atoms with Gasteiger partial charge in [-0.3, -0.25) is 9.78 Å². The third kappa shape index (κ3) is 3.42. The van der Waals surface area contributed by atoms with Crippen molar-refractivity contribution < 1.29 is 4.79 Å². The van der Waals surface area contributed by atoms with Crippen molar-refractivity contribution in [3.05, 3.63) is 60.4 Å². The van der Waals surface area contributed by atoms with E-state index in [9.17, 15) is 4.79 Å². The Morgan fingerprint density at radius 2 is 1.87 bits per heavy atom. The van der Waals surface area contributed by atoms with Gasteiger partial charge in [0.05, 0.1) is 0 Å². The largest absolute Gasteiger partial charge is 0.350 e. The van der Waals surface area contributed by atoms with Gasteiger partial charge in [0, 0.05) is 30.9 Å². The molecule has 0 atom stereocenters. The van der Waals surface area contributed by atoms with Crippen LogP contribution in [0.25, 0.3) is 11.4 Å². The van der Waals surface area contributed by atoms with Crippen molar-refractivity contribution in [1.29, 1.82) is 0 Å². The standard InChI is InChI=1S/C17H17N5O/c1-2-15(23)22-17(19-12-13-6-4-3-5-7-13)20-16(21-22)14-8-10-18-11-9-14/h3-11H,2,12H2,1H3,(H,19,20,21). The third-order valence-corrected chi connectivity index (χ3v) is 3.38. The zero-order valence-corrected chi connectivity index (χ0v) is 12.8. The highest BCUT2D eigenvalue weighted by atomic mass is 16.2. The average molecular weight is 307 g/mol. The van der Waals surface area contributed by atoms with Gasteiger partial charge in [-0.15, -0.1) is 5.10 Å². The van der Waals surface area contributed by atoms with Crippen LogP contribution in [0.2, 0.25) is 0 Å². The Morgan fingerprint density at radius 1 is 1.13 bits per heavy atom. The molecule has 23 heavy (non-hydrogen) atoms. The van der Waals surface area contributed by atoms with Crippen LogP contribution in [0, 0.1) is 0 Å². The molecule has 0 aliphatic heterocycles. The predicted molar refractivity (Wildman–Crippen MR) is 87.9 cm³/mol. The van der Waals surface area contributed by atoms with Crippen molar-refractivity contribution in [1.82, 2.24) is 19.7 Å². The number of benzene rings is 1. The van der Waals surface area contributed by atoms with E-state index in [-0.39, 0.29) is 5.91 Å². The minimum Gasteiger partial charge on any atom is -0.350 e. The van der Waals surface area contributed by atoms with E-state index in [0.29, 0.717) is 24.7 Å². The van der Waals surface area contributed by atoms with Gasteiger partial charge in [-0.2, -0.15) is 9.67 Å². The van der Waals surface area contributed by atoms with Gasteiger partial charge in [0.1, 0.15) is 0 Å². The number of carbonyl (C=O) groups is 1. The first-order valence-corrected chi connectivity index (χ1v) is 7.46. The Morgan fingerprint density at radius 3 is 2.57 bits per heavy atom. The molecule has 0 aliphatic rings. The molecule has 3 rings (SSSR count). The molecule has 2 aromatic heterocycles. The van der Waals surface area contributed by atoms with Gasteiger partial charge in [-0.25, -0.2) is 0 Å². The number of nitrogens with zero attached hydrogens (tertiary/aromatic N) is 4. The molecule has 0 spiro atoms. The topological polar surface area (TPSA) is 72.7 Å². The van der Waals surface area contributed by atoms with Crippen LogP contribution in [0.1, 0.15) is 23.7 Å². The number of pyridine rings is 1. The predicted octanol–water partition coefficient (Wildman–Crippen LogP) is 3.00. The monoisotopic (exact) mass is 307 g/mol. The van der Waals surface area contributed by atoms with Crippen LogP contribution < -0.4 is 5.32 Å². The molecule has 0 saturated carbocycles. The van der Waals surface area contributed by atoms with Crippen molar-refractivity contribution in [2.75, 3.05) is 5.32 Å². The summed E-state index contributed by atoms with van der Waals surface area (Å²) < 4.78 is 1.33. The maximum atomic E-state index is 12.1. The Bertz CT molecular complexity index is 783. The molecule has 1 N–H and O–H groups in total. The molecule has 2 heterocycles. The lowest BCUT2D eigenvalue weighted by atomic mass is 10.2. The van der Waals surface area contributed by atoms with Crippen LogP contribution in [0.5, 0.6) is 0 Å². The maximum absolute atomic E-state index is 12.1. The fourth-order valence-corrected chi connectivity index (χ4v) is 2.15. The van der Waals surface area contributed by atoms with E-state index in [0.717, 1.165) is 11.1 Å². The molecule has 0 unspecified atom stereocenters. The van der Waals surface area contributed by atoms with E-state index in [1.54, 1.807) is 19.3 Å². The van der Waals surface area contributed by atoms with Gasteiger partial charge in [-0.05, 0) is 17.7 Å². The lowest BCUT2D eigenvalue weighted by molar-refractivity contribution is 0.0895. The molecule has 0 saturated heterocycles. The van der Waals surface area contributed by atoms with Crippen molar-refractivity contribution in [3.63, 3.8) is 0 Å². The number of carbonyl (C=O) groups excluding carboxylic acids is 1. The molecule has 116 valence electrons. The zero-order valence-electron chi connectivity index (χ0n) is 12.8. The van der Waals surface area contributed by atoms with Gasteiger partial charge in [0.15, 0.2) is 5.82 Å². The van der Waals surface area contributed by atoms with E-state index in [1.165, 1.54) is 4.68 Å². The highest BCUT2D eigenvalue weighted by Gasteiger charge is 2.15. The first-order chi connectivity index (χ1) is 11.3. The Balaban J connectivity index is 1.88. The number of hydrogen-bond acceptors (Lipinski definition) is 5. The summed E-state index contributed by atoms with van der Waals surface area (Å²) in [5, 5.41) is 7.52. The Labute approximate surface area is 134 Å². The average Bonchev–Trinajstić information content (AvgIpc) is 3.05. The quantitative estimate of drug-likeness (QED) is 0.784. The SMILES string of the molecule is CCC(=O)n1nc(-c2ccncc2)nc1NCc1ccccc1. The third-order valence-electron chi connectivity index (χ3n) is 3.38. The smallest absolute Gasteiger partial charge is 0.249 e. The molecule has 3 aromatic rings. The van der Waals surface area contributed by atoms with Crippen LogP contribution in [0.15, 0.2) is 54.9 Å². The number of anilines is 1. The summed E-state index contributed by atoms with van der Waals surface area (Å²) in [6.07, 6.45) is 3.71. The maximum Gasteiger partial charge on any atom is 0.249 e. The summed E-state index contributed by atoms with van der Waals surface area (Å²) in [7, 11) is 0. The molecular formula is C17H17N5O. The summed E-state index contributed by atoms with van der Waals surface area (Å²) in [5.41, 5.74) is 1.93. The van der Waals surface area contributed by atoms with Crippen molar-refractivity contribution in [2.45, 2.75) is 19.9 Å². The van der Waals surface area contributed by atoms with Crippen LogP contribution in [-0.4, -0.2) is 25.7 Å². The second-order valence-electron chi connectivity index (χ2n) is 4.99. The van der Waals surface area contributed by atoms with Crippen LogP contribution in [0.3, 0.4) is 0 Å². The summed E-state index contributed by atoms with van der Waals surface area (Å²) >= 11 is 0. The number of nitrogens with one attached hydrogen (secondary N) is 1. The van der Waals surface area contributed by atoms with E-state index in [1.807, 2.05) is 42.5 Å². The summed E-state index contributed by atoms with van der Waals surface area (Å²) in [5.74, 6) is 0.852. The highest BCUT2D eigenvalue weighted by Crippen LogP contribution is 2.17.